The number of carbonyl (C=O) groups excluding carboxylic acids is 1. The molecule has 0 aliphatic heterocycles. The molecule has 6 nitrogen and oxygen atoms in total. The van der Waals surface area contributed by atoms with E-state index in [4.69, 9.17) is 6.42 Å². The molecule has 0 saturated carbocycles. The molecule has 2 heterocycles. The first-order chi connectivity index (χ1) is 11.1. The molecule has 3 rings (SSSR count). The summed E-state index contributed by atoms with van der Waals surface area (Å²) >= 11 is 1.46. The summed E-state index contributed by atoms with van der Waals surface area (Å²) in [5.74, 6) is 2.34. The minimum absolute atomic E-state index is 0.0579. The molecule has 0 radical (unpaired) electrons. The van der Waals surface area contributed by atoms with E-state index >= 15 is 0 Å². The van der Waals surface area contributed by atoms with E-state index in [1.165, 1.54) is 39.8 Å². The van der Waals surface area contributed by atoms with E-state index in [2.05, 4.69) is 47.0 Å². The summed E-state index contributed by atoms with van der Waals surface area (Å²) in [6.07, 6.45) is 8.35. The third-order valence-corrected chi connectivity index (χ3v) is 4.57. The van der Waals surface area contributed by atoms with Crippen molar-refractivity contribution in [2.45, 2.75) is 26.9 Å². The Balaban J connectivity index is 2.08. The molecule has 0 aliphatic carbocycles. The van der Waals surface area contributed by atoms with E-state index in [-0.39, 0.29) is 12.5 Å². The van der Waals surface area contributed by atoms with Gasteiger partial charge in [0, 0.05) is 0 Å². The number of terminal acetylenes is 1. The molecule has 0 fully saturated rings. The van der Waals surface area contributed by atoms with Crippen molar-refractivity contribution in [1.29, 1.82) is 0 Å². The maximum absolute atomic E-state index is 12.1. The number of benzene rings is 1. The third kappa shape index (κ3) is 3.07. The molecule has 0 atom stereocenters. The molecular weight excluding hydrogens is 310 g/mol. The van der Waals surface area contributed by atoms with E-state index in [9.17, 15) is 4.79 Å². The summed E-state index contributed by atoms with van der Waals surface area (Å²) < 4.78 is 4.40. The van der Waals surface area contributed by atoms with Crippen molar-refractivity contribution >= 4 is 27.5 Å². The molecular formula is C16H15N5OS. The smallest absolute Gasteiger partial charge is 0.270 e. The van der Waals surface area contributed by atoms with Crippen LogP contribution in [0.5, 0.6) is 0 Å². The normalized spacial score (nSPS) is 11.8. The van der Waals surface area contributed by atoms with Crippen LogP contribution in [-0.4, -0.2) is 25.2 Å². The van der Waals surface area contributed by atoms with Crippen LogP contribution in [0.3, 0.4) is 0 Å². The van der Waals surface area contributed by atoms with Crippen LogP contribution < -0.4 is 4.80 Å². The van der Waals surface area contributed by atoms with Gasteiger partial charge in [-0.25, -0.2) is 9.67 Å². The van der Waals surface area contributed by atoms with Crippen LogP contribution in [0, 0.1) is 26.2 Å². The van der Waals surface area contributed by atoms with Crippen LogP contribution >= 0.6 is 11.3 Å². The highest BCUT2D eigenvalue weighted by molar-refractivity contribution is 7.16. The highest BCUT2D eigenvalue weighted by atomic mass is 32.1. The van der Waals surface area contributed by atoms with E-state index in [1.807, 2.05) is 4.57 Å². The summed E-state index contributed by atoms with van der Waals surface area (Å²) in [5, 5.41) is 3.91. The predicted molar refractivity (Wildman–Crippen MR) is 88.7 cm³/mol. The maximum atomic E-state index is 12.1. The van der Waals surface area contributed by atoms with Gasteiger partial charge in [-0.15, -0.1) is 6.42 Å². The lowest BCUT2D eigenvalue weighted by atomic mass is 10.1. The molecule has 0 unspecified atom stereocenters. The lowest BCUT2D eigenvalue weighted by Gasteiger charge is -2.03. The van der Waals surface area contributed by atoms with Gasteiger partial charge in [-0.1, -0.05) is 17.3 Å². The lowest BCUT2D eigenvalue weighted by molar-refractivity contribution is -0.118. The Bertz CT molecular complexity index is 972. The number of hydrogen-bond donors (Lipinski definition) is 0. The summed E-state index contributed by atoms with van der Waals surface area (Å²) in [7, 11) is 0. The fourth-order valence-corrected chi connectivity index (χ4v) is 3.37. The predicted octanol–water partition coefficient (Wildman–Crippen LogP) is 1.67. The van der Waals surface area contributed by atoms with Gasteiger partial charge in [-0.2, -0.15) is 10.1 Å². The average Bonchev–Trinajstić information content (AvgIpc) is 3.10. The number of rotatable bonds is 3. The van der Waals surface area contributed by atoms with Crippen molar-refractivity contribution in [3.05, 3.63) is 40.7 Å². The van der Waals surface area contributed by atoms with Crippen LogP contribution in [0.25, 0.3) is 10.2 Å². The number of carbonyl (C=O) groups is 1. The fourth-order valence-electron chi connectivity index (χ4n) is 2.25. The van der Waals surface area contributed by atoms with Gasteiger partial charge in [0.2, 0.25) is 0 Å². The molecule has 0 spiro atoms. The first-order valence-electron chi connectivity index (χ1n) is 7.02. The van der Waals surface area contributed by atoms with Gasteiger partial charge in [0.25, 0.3) is 5.91 Å². The highest BCUT2D eigenvalue weighted by Gasteiger charge is 2.09. The van der Waals surface area contributed by atoms with Crippen molar-refractivity contribution < 1.29 is 4.79 Å². The van der Waals surface area contributed by atoms with E-state index in [0.717, 1.165) is 10.2 Å². The Morgan fingerprint density at radius 1 is 1.39 bits per heavy atom. The number of aryl methyl sites for hydroxylation is 2. The van der Waals surface area contributed by atoms with E-state index in [0.29, 0.717) is 11.3 Å². The van der Waals surface area contributed by atoms with Gasteiger partial charge in [0.15, 0.2) is 4.80 Å². The van der Waals surface area contributed by atoms with Crippen LogP contribution in [-0.2, 0) is 17.9 Å². The number of hydrogen-bond acceptors (Lipinski definition) is 4. The van der Waals surface area contributed by atoms with Crippen molar-refractivity contribution in [1.82, 2.24) is 19.3 Å². The van der Waals surface area contributed by atoms with Crippen molar-refractivity contribution in [2.24, 2.45) is 4.99 Å². The Morgan fingerprint density at radius 2 is 2.17 bits per heavy atom. The second-order valence-electron chi connectivity index (χ2n) is 5.18. The highest BCUT2D eigenvalue weighted by Crippen LogP contribution is 2.21. The molecule has 0 bridgehead atoms. The van der Waals surface area contributed by atoms with Crippen molar-refractivity contribution in [2.75, 3.05) is 0 Å². The second kappa shape index (κ2) is 6.18. The third-order valence-electron chi connectivity index (χ3n) is 3.53. The molecule has 116 valence electrons. The average molecular weight is 325 g/mol. The topological polar surface area (TPSA) is 65.1 Å². The van der Waals surface area contributed by atoms with Gasteiger partial charge in [0.05, 0.1) is 16.8 Å². The Morgan fingerprint density at radius 3 is 2.87 bits per heavy atom. The zero-order valence-electron chi connectivity index (χ0n) is 12.9. The van der Waals surface area contributed by atoms with Crippen LogP contribution in [0.2, 0.25) is 0 Å². The Labute approximate surface area is 137 Å². The van der Waals surface area contributed by atoms with Crippen LogP contribution in [0.1, 0.15) is 11.1 Å². The van der Waals surface area contributed by atoms with Gasteiger partial charge in [-0.3, -0.25) is 4.79 Å². The summed E-state index contributed by atoms with van der Waals surface area (Å²) in [6, 6.07) is 4.18. The lowest BCUT2D eigenvalue weighted by Crippen LogP contribution is -2.18. The van der Waals surface area contributed by atoms with Crippen LogP contribution in [0.15, 0.2) is 29.8 Å². The molecule has 3 aromatic rings. The molecule has 0 saturated heterocycles. The number of nitrogens with zero attached hydrogens (tertiary/aromatic N) is 5. The molecule has 2 aromatic heterocycles. The van der Waals surface area contributed by atoms with Gasteiger partial charge in [0.1, 0.15) is 19.2 Å². The zero-order chi connectivity index (χ0) is 16.4. The summed E-state index contributed by atoms with van der Waals surface area (Å²) in [4.78, 5) is 20.8. The van der Waals surface area contributed by atoms with Gasteiger partial charge in [-0.05, 0) is 37.1 Å². The number of thiazole rings is 1. The standard InChI is InChI=1S/C16H15N5OS/c1-4-5-21-13-6-11(2)12(3)7-14(13)23-16(21)19-15(22)8-20-10-17-9-18-20/h1,6-7,9-10H,5,8H2,2-3H3. The first kappa shape index (κ1) is 15.2. The second-order valence-corrected chi connectivity index (χ2v) is 6.19. The molecule has 1 amide bonds. The number of amides is 1. The Kier molecular flexibility index (Phi) is 4.08. The van der Waals surface area contributed by atoms with Crippen molar-refractivity contribution in [3.63, 3.8) is 0 Å². The molecule has 7 heteroatoms. The van der Waals surface area contributed by atoms with Gasteiger partial charge >= 0.3 is 0 Å². The quantitative estimate of drug-likeness (QED) is 0.688. The molecule has 1 aromatic carbocycles. The van der Waals surface area contributed by atoms with E-state index in [1.54, 1.807) is 0 Å². The number of fused-ring (bicyclic) bond motifs is 1. The largest absolute Gasteiger partial charge is 0.305 e. The molecule has 0 N–H and O–H groups in total. The maximum Gasteiger partial charge on any atom is 0.270 e. The number of aromatic nitrogens is 4. The SMILES string of the molecule is C#CCn1c(=NC(=O)Cn2cncn2)sc2cc(C)c(C)cc21. The zero-order valence-corrected chi connectivity index (χ0v) is 13.7. The first-order valence-corrected chi connectivity index (χ1v) is 7.84. The molecule has 0 aliphatic rings. The summed E-state index contributed by atoms with van der Waals surface area (Å²) in [5.41, 5.74) is 3.39. The van der Waals surface area contributed by atoms with E-state index < -0.39 is 0 Å². The summed E-state index contributed by atoms with van der Waals surface area (Å²) in [6.45, 7) is 4.55. The fraction of sp³-hybridized carbons (Fsp3) is 0.250. The van der Waals surface area contributed by atoms with Crippen LogP contribution in [0.4, 0.5) is 0 Å². The molecule has 23 heavy (non-hydrogen) atoms. The van der Waals surface area contributed by atoms with Gasteiger partial charge < -0.3 is 4.57 Å². The minimum Gasteiger partial charge on any atom is -0.305 e. The monoisotopic (exact) mass is 325 g/mol. The minimum atomic E-state index is -0.290. The Hall–Kier alpha value is -2.72. The van der Waals surface area contributed by atoms with Crippen molar-refractivity contribution in [3.8, 4) is 12.3 Å².